The lowest BCUT2D eigenvalue weighted by molar-refractivity contribution is -0.129. The zero-order chi connectivity index (χ0) is 3.41. The predicted octanol–water partition coefficient (Wildman–Crippen LogP) is -0.805. The summed E-state index contributed by atoms with van der Waals surface area (Å²) in [6, 6.07) is 0. The number of hydrogen-bond acceptors (Lipinski definition) is 4. The molecule has 0 aliphatic rings. The van der Waals surface area contributed by atoms with Gasteiger partial charge in [-0.3, -0.25) is 4.79 Å². The highest BCUT2D eigenvalue weighted by atomic mass is 16.6. The summed E-state index contributed by atoms with van der Waals surface area (Å²) in [5.74, 6) is 4.16. The number of carbonyl (C=O) groups is 1. The minimum atomic E-state index is 0. The predicted molar refractivity (Wildman–Crippen MR) is 16.4 cm³/mol. The second kappa shape index (κ2) is 10.0. The molecule has 0 aliphatic carbocycles. The maximum absolute atomic E-state index is 8.83. The Labute approximate surface area is 29.4 Å². The lowest BCUT2D eigenvalue weighted by Crippen LogP contribution is -1.92. The molecule has 0 amide bonds. The van der Waals surface area contributed by atoms with Gasteiger partial charge in [-0.2, -0.15) is 5.90 Å². The Morgan fingerprint density at radius 2 is 2.00 bits per heavy atom. The van der Waals surface area contributed by atoms with E-state index < -0.39 is 0 Å². The van der Waals surface area contributed by atoms with Crippen LogP contribution in [0.25, 0.3) is 0 Å². The first-order valence-electron chi connectivity index (χ1n) is 0.707. The van der Waals surface area contributed by atoms with E-state index in [2.05, 4.69) is 10.7 Å². The molecular weight excluding hydrogens is 72.0 g/mol. The maximum atomic E-state index is 8.83. The summed E-state index contributed by atoms with van der Waals surface area (Å²) in [7, 11) is 0. The third-order valence-electron chi connectivity index (χ3n) is 0.0556. The summed E-state index contributed by atoms with van der Waals surface area (Å²) < 4.78 is 0. The molecule has 0 aromatic rings. The molecule has 4 nitrogen and oxygen atoms in total. The van der Waals surface area contributed by atoms with Gasteiger partial charge in [0.2, 0.25) is 0 Å². The van der Waals surface area contributed by atoms with Gasteiger partial charge in [-0.05, 0) is 0 Å². The number of rotatable bonds is 1. The standard InChI is InChI=1S/CH3NO2.H3N/c2-4-1-3;/h1H,2H2;1H3. The SMILES string of the molecule is N.NOC=O. The van der Waals surface area contributed by atoms with Crippen molar-refractivity contribution in [1.29, 1.82) is 0 Å². The Kier molecular flexibility index (Phi) is 17.7. The van der Waals surface area contributed by atoms with Crippen molar-refractivity contribution >= 4 is 6.47 Å². The first-order valence-corrected chi connectivity index (χ1v) is 0.707. The molecule has 0 heterocycles. The van der Waals surface area contributed by atoms with Crippen molar-refractivity contribution in [1.82, 2.24) is 6.15 Å². The van der Waals surface area contributed by atoms with Crippen LogP contribution in [0.4, 0.5) is 0 Å². The molecule has 0 bridgehead atoms. The Morgan fingerprint density at radius 3 is 2.00 bits per heavy atom. The van der Waals surface area contributed by atoms with Gasteiger partial charge >= 0.3 is 6.47 Å². The van der Waals surface area contributed by atoms with Gasteiger partial charge < -0.3 is 11.0 Å². The fourth-order valence-corrected chi connectivity index (χ4v) is 0. The molecule has 4 heteroatoms. The second-order valence-electron chi connectivity index (χ2n) is 0.232. The fraction of sp³-hybridized carbons (Fsp3) is 0. The van der Waals surface area contributed by atoms with E-state index in [0.29, 0.717) is 0 Å². The number of nitrogens with two attached hydrogens (primary N) is 1. The molecule has 0 rings (SSSR count). The smallest absolute Gasteiger partial charge is 0.312 e. The summed E-state index contributed by atoms with van der Waals surface area (Å²) in [5.41, 5.74) is 0. The first kappa shape index (κ1) is 8.83. The molecule has 5 heavy (non-hydrogen) atoms. The zero-order valence-corrected chi connectivity index (χ0v) is 2.68. The van der Waals surface area contributed by atoms with E-state index in [1.807, 2.05) is 0 Å². The molecule has 0 unspecified atom stereocenters. The average molecular weight is 78.1 g/mol. The molecule has 5 N–H and O–H groups in total. The van der Waals surface area contributed by atoms with E-state index in [1.165, 1.54) is 0 Å². The van der Waals surface area contributed by atoms with Crippen LogP contribution < -0.4 is 12.0 Å². The highest BCUT2D eigenvalue weighted by Gasteiger charge is 1.44. The molecule has 0 fully saturated rings. The fourth-order valence-electron chi connectivity index (χ4n) is 0. The molecule has 0 atom stereocenters. The Morgan fingerprint density at radius 1 is 1.80 bits per heavy atom. The normalized spacial score (nSPS) is 4.20. The van der Waals surface area contributed by atoms with Crippen LogP contribution in [-0.2, 0) is 9.63 Å². The molecule has 0 saturated heterocycles. The van der Waals surface area contributed by atoms with Crippen LogP contribution >= 0.6 is 0 Å². The lowest BCUT2D eigenvalue weighted by atomic mass is 11.6. The summed E-state index contributed by atoms with van der Waals surface area (Å²) >= 11 is 0. The zero-order valence-electron chi connectivity index (χ0n) is 2.68. The van der Waals surface area contributed by atoms with E-state index in [-0.39, 0.29) is 12.6 Å². The van der Waals surface area contributed by atoms with Crippen LogP contribution in [0.3, 0.4) is 0 Å². The van der Waals surface area contributed by atoms with Gasteiger partial charge in [0.05, 0.1) is 0 Å². The van der Waals surface area contributed by atoms with Gasteiger partial charge in [-0.25, -0.2) is 0 Å². The van der Waals surface area contributed by atoms with Crippen LogP contribution in [-0.4, -0.2) is 6.47 Å². The topological polar surface area (TPSA) is 87.3 Å². The van der Waals surface area contributed by atoms with E-state index in [9.17, 15) is 0 Å². The Bertz CT molecular complexity index is 21.6. The quantitative estimate of drug-likeness (QED) is 0.317. The lowest BCUT2D eigenvalue weighted by Gasteiger charge is -1.66. The van der Waals surface area contributed by atoms with Gasteiger partial charge in [0.1, 0.15) is 0 Å². The summed E-state index contributed by atoms with van der Waals surface area (Å²) in [5, 5.41) is 0. The van der Waals surface area contributed by atoms with Crippen LogP contribution in [0.1, 0.15) is 0 Å². The Hall–Kier alpha value is -0.610. The Balaban J connectivity index is 0. The second-order valence-corrected chi connectivity index (χ2v) is 0.232. The van der Waals surface area contributed by atoms with Crippen LogP contribution in [0.5, 0.6) is 0 Å². The third kappa shape index (κ3) is 43.1. The van der Waals surface area contributed by atoms with Crippen molar-refractivity contribution in [3.05, 3.63) is 0 Å². The highest BCUT2D eigenvalue weighted by molar-refractivity contribution is 5.35. The van der Waals surface area contributed by atoms with Crippen LogP contribution in [0, 0.1) is 0 Å². The van der Waals surface area contributed by atoms with Gasteiger partial charge in [-0.1, -0.05) is 0 Å². The van der Waals surface area contributed by atoms with Crippen molar-refractivity contribution in [2.24, 2.45) is 5.90 Å². The van der Waals surface area contributed by atoms with Crippen LogP contribution in [0.2, 0.25) is 0 Å². The summed E-state index contributed by atoms with van der Waals surface area (Å²) in [6.45, 7) is 0.153. The largest absolute Gasteiger partial charge is 0.376 e. The molecular formula is CH6N2O2. The van der Waals surface area contributed by atoms with Crippen molar-refractivity contribution in [3.8, 4) is 0 Å². The number of hydrogen-bond donors (Lipinski definition) is 2. The van der Waals surface area contributed by atoms with E-state index in [0.717, 1.165) is 0 Å². The highest BCUT2D eigenvalue weighted by Crippen LogP contribution is 1.24. The van der Waals surface area contributed by atoms with Crippen molar-refractivity contribution < 1.29 is 9.63 Å². The molecule has 32 valence electrons. The first-order chi connectivity index (χ1) is 1.91. The molecule has 0 saturated carbocycles. The van der Waals surface area contributed by atoms with Crippen molar-refractivity contribution in [3.63, 3.8) is 0 Å². The number of carbonyl (C=O) groups excluding carboxylic acids is 1. The maximum Gasteiger partial charge on any atom is 0.312 e. The van der Waals surface area contributed by atoms with Gasteiger partial charge in [0.25, 0.3) is 0 Å². The third-order valence-corrected chi connectivity index (χ3v) is 0.0556. The molecule has 0 aromatic heterocycles. The van der Waals surface area contributed by atoms with E-state index in [1.54, 1.807) is 0 Å². The molecule has 0 radical (unpaired) electrons. The van der Waals surface area contributed by atoms with Gasteiger partial charge in [-0.15, -0.1) is 0 Å². The molecule has 0 spiro atoms. The van der Waals surface area contributed by atoms with Crippen molar-refractivity contribution in [2.45, 2.75) is 0 Å². The van der Waals surface area contributed by atoms with E-state index >= 15 is 0 Å². The van der Waals surface area contributed by atoms with Crippen molar-refractivity contribution in [2.75, 3.05) is 0 Å². The van der Waals surface area contributed by atoms with Gasteiger partial charge in [0, 0.05) is 0 Å². The monoisotopic (exact) mass is 78.0 g/mol. The van der Waals surface area contributed by atoms with Crippen LogP contribution in [0.15, 0.2) is 0 Å². The molecule has 0 aromatic carbocycles. The van der Waals surface area contributed by atoms with E-state index in [4.69, 9.17) is 4.79 Å². The summed E-state index contributed by atoms with van der Waals surface area (Å²) in [4.78, 5) is 12.2. The minimum absolute atomic E-state index is 0. The average Bonchev–Trinajstić information content (AvgIpc) is 1.37. The molecule has 0 aliphatic heterocycles. The summed E-state index contributed by atoms with van der Waals surface area (Å²) in [6.07, 6.45) is 0. The van der Waals surface area contributed by atoms with Gasteiger partial charge in [0.15, 0.2) is 0 Å². The minimum Gasteiger partial charge on any atom is -0.376 e.